The minimum absolute atomic E-state index is 0.520. The van der Waals surface area contributed by atoms with Crippen LogP contribution in [0.4, 0.5) is 0 Å². The van der Waals surface area contributed by atoms with Gasteiger partial charge in [-0.15, -0.1) is 11.3 Å². The monoisotopic (exact) mass is 233 g/mol. The van der Waals surface area contributed by atoms with Crippen LogP contribution >= 0.6 is 27.3 Å². The molecule has 1 aromatic rings. The second kappa shape index (κ2) is 3.70. The summed E-state index contributed by atoms with van der Waals surface area (Å²) in [6.07, 6.45) is 0. The lowest BCUT2D eigenvalue weighted by molar-refractivity contribution is 0.325. The third-order valence-corrected chi connectivity index (χ3v) is 3.57. The van der Waals surface area contributed by atoms with Crippen LogP contribution in [0.25, 0.3) is 0 Å². The van der Waals surface area contributed by atoms with Gasteiger partial charge in [-0.2, -0.15) is 0 Å². The number of thiophene rings is 1. The van der Waals surface area contributed by atoms with Gasteiger partial charge in [-0.05, 0) is 49.1 Å². The summed E-state index contributed by atoms with van der Waals surface area (Å²) in [7, 11) is 4.19. The Kier molecular flexibility index (Phi) is 3.10. The van der Waals surface area contributed by atoms with Gasteiger partial charge >= 0.3 is 0 Å². The topological polar surface area (TPSA) is 3.24 Å². The molecule has 0 aliphatic heterocycles. The normalized spacial score (nSPS) is 13.9. The van der Waals surface area contributed by atoms with Gasteiger partial charge in [-0.25, -0.2) is 0 Å². The maximum atomic E-state index is 3.45. The molecule has 0 radical (unpaired) electrons. The van der Waals surface area contributed by atoms with Crippen molar-refractivity contribution in [3.8, 4) is 0 Å². The zero-order valence-corrected chi connectivity index (χ0v) is 9.37. The molecule has 1 nitrogen and oxygen atoms in total. The molecule has 0 spiro atoms. The Balaban J connectivity index is 2.76. The summed E-state index contributed by atoms with van der Waals surface area (Å²) >= 11 is 5.25. The number of halogens is 1. The molecule has 1 rings (SSSR count). The minimum atomic E-state index is 0.520. The van der Waals surface area contributed by atoms with E-state index in [1.807, 2.05) is 0 Å². The molecule has 1 aromatic heterocycles. The van der Waals surface area contributed by atoms with E-state index in [0.29, 0.717) is 6.04 Å². The van der Waals surface area contributed by atoms with Crippen LogP contribution < -0.4 is 0 Å². The first-order valence-corrected chi connectivity index (χ1v) is 5.14. The summed E-state index contributed by atoms with van der Waals surface area (Å²) in [5.74, 6) is 0. The van der Waals surface area contributed by atoms with Crippen LogP contribution in [-0.4, -0.2) is 19.0 Å². The largest absolute Gasteiger partial charge is 0.302 e. The smallest absolute Gasteiger partial charge is 0.0701 e. The Morgan fingerprint density at radius 3 is 2.45 bits per heavy atom. The summed E-state index contributed by atoms with van der Waals surface area (Å²) in [6, 6.07) is 4.78. The third-order valence-electron chi connectivity index (χ3n) is 1.78. The molecule has 0 aliphatic rings. The van der Waals surface area contributed by atoms with Crippen LogP contribution in [-0.2, 0) is 0 Å². The van der Waals surface area contributed by atoms with Crippen molar-refractivity contribution in [2.75, 3.05) is 14.1 Å². The molecule has 0 saturated carbocycles. The van der Waals surface area contributed by atoms with Gasteiger partial charge in [0.15, 0.2) is 0 Å². The van der Waals surface area contributed by atoms with Crippen molar-refractivity contribution in [3.63, 3.8) is 0 Å². The quantitative estimate of drug-likeness (QED) is 0.759. The number of hydrogen-bond donors (Lipinski definition) is 0. The highest BCUT2D eigenvalue weighted by Gasteiger charge is 2.08. The molecular formula is C8H12BrNS. The number of rotatable bonds is 2. The molecule has 0 saturated heterocycles. The van der Waals surface area contributed by atoms with Gasteiger partial charge in [0, 0.05) is 10.9 Å². The Morgan fingerprint density at radius 2 is 2.09 bits per heavy atom. The molecule has 0 N–H and O–H groups in total. The predicted molar refractivity (Wildman–Crippen MR) is 54.1 cm³/mol. The molecule has 0 aromatic carbocycles. The van der Waals surface area contributed by atoms with Crippen LogP contribution in [0, 0.1) is 0 Å². The predicted octanol–water partition coefficient (Wildman–Crippen LogP) is 3.13. The van der Waals surface area contributed by atoms with E-state index in [1.54, 1.807) is 11.3 Å². The van der Waals surface area contributed by atoms with E-state index < -0.39 is 0 Å². The van der Waals surface area contributed by atoms with Crippen molar-refractivity contribution in [1.29, 1.82) is 0 Å². The number of hydrogen-bond acceptors (Lipinski definition) is 2. The summed E-state index contributed by atoms with van der Waals surface area (Å²) < 4.78 is 1.21. The molecule has 11 heavy (non-hydrogen) atoms. The van der Waals surface area contributed by atoms with E-state index >= 15 is 0 Å². The van der Waals surface area contributed by atoms with E-state index in [4.69, 9.17) is 0 Å². The highest BCUT2D eigenvalue weighted by molar-refractivity contribution is 9.11. The Morgan fingerprint density at radius 1 is 1.45 bits per heavy atom. The van der Waals surface area contributed by atoms with Crippen LogP contribution in [0.5, 0.6) is 0 Å². The van der Waals surface area contributed by atoms with Crippen molar-refractivity contribution < 1.29 is 0 Å². The summed E-state index contributed by atoms with van der Waals surface area (Å²) in [5, 5.41) is 0. The third kappa shape index (κ3) is 2.29. The van der Waals surface area contributed by atoms with Crippen molar-refractivity contribution in [2.24, 2.45) is 0 Å². The van der Waals surface area contributed by atoms with E-state index in [0.717, 1.165) is 0 Å². The standard InChI is InChI=1S/C8H12BrNS/c1-6(10(2)3)7-4-5-8(9)11-7/h4-6H,1-3H3. The lowest BCUT2D eigenvalue weighted by atomic mass is 10.2. The van der Waals surface area contributed by atoms with Gasteiger partial charge in [-0.1, -0.05) is 0 Å². The van der Waals surface area contributed by atoms with Gasteiger partial charge in [-0.3, -0.25) is 0 Å². The van der Waals surface area contributed by atoms with Crippen molar-refractivity contribution >= 4 is 27.3 Å². The lowest BCUT2D eigenvalue weighted by Gasteiger charge is -2.17. The minimum Gasteiger partial charge on any atom is -0.302 e. The highest BCUT2D eigenvalue weighted by atomic mass is 79.9. The summed E-state index contributed by atoms with van der Waals surface area (Å²) in [5.41, 5.74) is 0. The van der Waals surface area contributed by atoms with E-state index in [2.05, 4.69) is 54.0 Å². The molecule has 1 atom stereocenters. The van der Waals surface area contributed by atoms with Crippen molar-refractivity contribution in [1.82, 2.24) is 4.90 Å². The van der Waals surface area contributed by atoms with Crippen LogP contribution in [0.1, 0.15) is 17.8 Å². The highest BCUT2D eigenvalue weighted by Crippen LogP contribution is 2.28. The molecular weight excluding hydrogens is 222 g/mol. The SMILES string of the molecule is CC(c1ccc(Br)s1)N(C)C. The maximum Gasteiger partial charge on any atom is 0.0701 e. The average Bonchev–Trinajstić information content (AvgIpc) is 2.34. The van der Waals surface area contributed by atoms with E-state index in [9.17, 15) is 0 Å². The zero-order valence-electron chi connectivity index (χ0n) is 6.97. The van der Waals surface area contributed by atoms with E-state index in [1.165, 1.54) is 8.66 Å². The van der Waals surface area contributed by atoms with Gasteiger partial charge in [0.05, 0.1) is 3.79 Å². The zero-order chi connectivity index (χ0) is 8.43. The Bertz CT molecular complexity index is 232. The first kappa shape index (κ1) is 9.23. The van der Waals surface area contributed by atoms with Gasteiger partial charge in [0.1, 0.15) is 0 Å². The first-order chi connectivity index (χ1) is 5.11. The Labute approximate surface area is 80.2 Å². The molecule has 0 amide bonds. The number of nitrogens with zero attached hydrogens (tertiary/aromatic N) is 1. The fourth-order valence-corrected chi connectivity index (χ4v) is 2.38. The second-order valence-electron chi connectivity index (χ2n) is 2.78. The van der Waals surface area contributed by atoms with Crippen LogP contribution in [0.15, 0.2) is 15.9 Å². The molecule has 0 fully saturated rings. The molecule has 3 heteroatoms. The molecule has 1 unspecified atom stereocenters. The maximum absolute atomic E-state index is 3.45. The molecule has 0 bridgehead atoms. The molecule has 62 valence electrons. The van der Waals surface area contributed by atoms with Gasteiger partial charge in [0.2, 0.25) is 0 Å². The molecule has 1 heterocycles. The van der Waals surface area contributed by atoms with Crippen molar-refractivity contribution in [2.45, 2.75) is 13.0 Å². The summed E-state index contributed by atoms with van der Waals surface area (Å²) in [4.78, 5) is 3.61. The first-order valence-electron chi connectivity index (χ1n) is 3.53. The lowest BCUT2D eigenvalue weighted by Crippen LogP contribution is -2.15. The molecule has 0 aliphatic carbocycles. The fourth-order valence-electron chi connectivity index (χ4n) is 0.807. The fraction of sp³-hybridized carbons (Fsp3) is 0.500. The van der Waals surface area contributed by atoms with Crippen LogP contribution in [0.2, 0.25) is 0 Å². The van der Waals surface area contributed by atoms with Crippen molar-refractivity contribution in [3.05, 3.63) is 20.8 Å². The van der Waals surface area contributed by atoms with Crippen LogP contribution in [0.3, 0.4) is 0 Å². The van der Waals surface area contributed by atoms with Gasteiger partial charge in [0.25, 0.3) is 0 Å². The van der Waals surface area contributed by atoms with Gasteiger partial charge < -0.3 is 4.90 Å². The van der Waals surface area contributed by atoms with E-state index in [-0.39, 0.29) is 0 Å². The average molecular weight is 234 g/mol. The second-order valence-corrected chi connectivity index (χ2v) is 5.28. The Hall–Kier alpha value is 0.140. The summed E-state index contributed by atoms with van der Waals surface area (Å²) in [6.45, 7) is 2.21.